The molecule has 1 amide bonds. The maximum atomic E-state index is 12.9. The minimum Gasteiger partial charge on any atom is -0.379 e. The lowest BCUT2D eigenvalue weighted by Gasteiger charge is -2.32. The topological polar surface area (TPSA) is 63.5 Å². The number of hydrogen-bond acceptors (Lipinski definition) is 5. The van der Waals surface area contributed by atoms with E-state index in [1.165, 1.54) is 5.56 Å². The average Bonchev–Trinajstić information content (AvgIpc) is 3.09. The highest BCUT2D eigenvalue weighted by atomic mass is 16.5. The first kappa shape index (κ1) is 19.1. The molecule has 0 saturated carbocycles. The highest BCUT2D eigenvalue weighted by molar-refractivity contribution is 5.94. The highest BCUT2D eigenvalue weighted by Crippen LogP contribution is 2.27. The SMILES string of the molecule is Cc1ccc(C(=O)N2CCC[C@@H](c3nnc(CN4CCOCC4)n3C)C2)cc1. The largest absolute Gasteiger partial charge is 0.379 e. The van der Waals surface area contributed by atoms with E-state index < -0.39 is 0 Å². The summed E-state index contributed by atoms with van der Waals surface area (Å²) < 4.78 is 7.55. The molecule has 3 heterocycles. The van der Waals surface area contributed by atoms with Crippen LogP contribution in [0.2, 0.25) is 0 Å². The molecule has 0 spiro atoms. The molecule has 2 aliphatic heterocycles. The Morgan fingerprint density at radius 3 is 2.64 bits per heavy atom. The fourth-order valence-electron chi connectivity index (χ4n) is 4.08. The van der Waals surface area contributed by atoms with Gasteiger partial charge in [0.05, 0.1) is 19.8 Å². The third kappa shape index (κ3) is 4.10. The van der Waals surface area contributed by atoms with Gasteiger partial charge in [0.2, 0.25) is 0 Å². The molecular weight excluding hydrogens is 354 g/mol. The Balaban J connectivity index is 1.44. The number of likely N-dealkylation sites (tertiary alicyclic amines) is 1. The van der Waals surface area contributed by atoms with Crippen LogP contribution in [0.1, 0.15) is 46.3 Å². The summed E-state index contributed by atoms with van der Waals surface area (Å²) in [5, 5.41) is 8.95. The van der Waals surface area contributed by atoms with Gasteiger partial charge in [0.1, 0.15) is 11.6 Å². The van der Waals surface area contributed by atoms with E-state index in [0.717, 1.165) is 69.4 Å². The lowest BCUT2D eigenvalue weighted by molar-refractivity contribution is 0.0326. The number of nitrogens with zero attached hydrogens (tertiary/aromatic N) is 5. The fourth-order valence-corrected chi connectivity index (χ4v) is 4.08. The van der Waals surface area contributed by atoms with E-state index in [-0.39, 0.29) is 11.8 Å². The van der Waals surface area contributed by atoms with Crippen LogP contribution in [0, 0.1) is 6.92 Å². The van der Waals surface area contributed by atoms with Crippen molar-refractivity contribution in [3.05, 3.63) is 47.0 Å². The van der Waals surface area contributed by atoms with Crippen molar-refractivity contribution in [2.75, 3.05) is 39.4 Å². The highest BCUT2D eigenvalue weighted by Gasteiger charge is 2.29. The number of carbonyl (C=O) groups excluding carboxylic acids is 1. The number of aryl methyl sites for hydroxylation is 1. The number of amides is 1. The van der Waals surface area contributed by atoms with Crippen molar-refractivity contribution < 1.29 is 9.53 Å². The number of aromatic nitrogens is 3. The second-order valence-electron chi connectivity index (χ2n) is 7.88. The number of rotatable bonds is 4. The van der Waals surface area contributed by atoms with Crippen molar-refractivity contribution in [3.63, 3.8) is 0 Å². The van der Waals surface area contributed by atoms with Crippen LogP contribution in [0.4, 0.5) is 0 Å². The first-order valence-electron chi connectivity index (χ1n) is 10.2. The molecule has 7 heteroatoms. The second-order valence-corrected chi connectivity index (χ2v) is 7.88. The molecule has 0 unspecified atom stereocenters. The van der Waals surface area contributed by atoms with Crippen LogP contribution in [-0.2, 0) is 18.3 Å². The van der Waals surface area contributed by atoms with Crippen LogP contribution >= 0.6 is 0 Å². The van der Waals surface area contributed by atoms with Gasteiger partial charge in [-0.1, -0.05) is 17.7 Å². The lowest BCUT2D eigenvalue weighted by atomic mass is 9.96. The number of hydrogen-bond donors (Lipinski definition) is 0. The maximum Gasteiger partial charge on any atom is 0.253 e. The van der Waals surface area contributed by atoms with Crippen LogP contribution < -0.4 is 0 Å². The predicted octanol–water partition coefficient (Wildman–Crippen LogP) is 1.98. The molecular formula is C21H29N5O2. The Bertz CT molecular complexity index is 811. The van der Waals surface area contributed by atoms with Gasteiger partial charge in [-0.25, -0.2) is 0 Å². The monoisotopic (exact) mass is 383 g/mol. The van der Waals surface area contributed by atoms with Crippen LogP contribution in [0.3, 0.4) is 0 Å². The van der Waals surface area contributed by atoms with Crippen molar-refractivity contribution in [1.29, 1.82) is 0 Å². The summed E-state index contributed by atoms with van der Waals surface area (Å²) in [5.74, 6) is 2.32. The van der Waals surface area contributed by atoms with Gasteiger partial charge in [-0.3, -0.25) is 9.69 Å². The normalized spacial score (nSPS) is 21.1. The number of benzene rings is 1. The number of piperidine rings is 1. The third-order valence-electron chi connectivity index (χ3n) is 5.84. The van der Waals surface area contributed by atoms with E-state index in [0.29, 0.717) is 6.54 Å². The standard InChI is InChI=1S/C21H29N5O2/c1-16-5-7-17(8-6-16)21(27)26-9-3-4-18(14-26)20-23-22-19(24(20)2)15-25-10-12-28-13-11-25/h5-8,18H,3-4,9-15H2,1-2H3/t18-/m1/s1. The summed E-state index contributed by atoms with van der Waals surface area (Å²) in [6.45, 7) is 7.78. The predicted molar refractivity (Wildman–Crippen MR) is 106 cm³/mol. The zero-order chi connectivity index (χ0) is 19.5. The maximum absolute atomic E-state index is 12.9. The van der Waals surface area contributed by atoms with Gasteiger partial charge in [0.15, 0.2) is 0 Å². The molecule has 4 rings (SSSR count). The van der Waals surface area contributed by atoms with Crippen molar-refractivity contribution in [2.45, 2.75) is 32.2 Å². The minimum atomic E-state index is 0.111. The van der Waals surface area contributed by atoms with Gasteiger partial charge >= 0.3 is 0 Å². The second kappa shape index (κ2) is 8.41. The molecule has 0 bridgehead atoms. The van der Waals surface area contributed by atoms with E-state index in [1.807, 2.05) is 43.1 Å². The van der Waals surface area contributed by atoms with Crippen LogP contribution in [-0.4, -0.2) is 69.9 Å². The lowest BCUT2D eigenvalue weighted by Crippen LogP contribution is -2.39. The van der Waals surface area contributed by atoms with E-state index in [1.54, 1.807) is 0 Å². The number of ether oxygens (including phenoxy) is 1. The Morgan fingerprint density at radius 1 is 1.14 bits per heavy atom. The molecule has 0 N–H and O–H groups in total. The Morgan fingerprint density at radius 2 is 1.89 bits per heavy atom. The van der Waals surface area contributed by atoms with Gasteiger partial charge in [-0.05, 0) is 31.9 Å². The molecule has 1 atom stereocenters. The smallest absolute Gasteiger partial charge is 0.253 e. The summed E-state index contributed by atoms with van der Waals surface area (Å²) in [5.41, 5.74) is 1.93. The minimum absolute atomic E-state index is 0.111. The summed E-state index contributed by atoms with van der Waals surface area (Å²) >= 11 is 0. The number of morpholine rings is 1. The van der Waals surface area contributed by atoms with Crippen molar-refractivity contribution in [2.24, 2.45) is 7.05 Å². The first-order valence-corrected chi connectivity index (χ1v) is 10.2. The summed E-state index contributed by atoms with van der Waals surface area (Å²) in [6.07, 6.45) is 2.04. The molecule has 28 heavy (non-hydrogen) atoms. The van der Waals surface area contributed by atoms with E-state index in [4.69, 9.17) is 4.74 Å². The molecule has 1 aromatic carbocycles. The molecule has 2 fully saturated rings. The zero-order valence-electron chi connectivity index (χ0n) is 16.8. The summed E-state index contributed by atoms with van der Waals surface area (Å²) in [7, 11) is 2.05. The van der Waals surface area contributed by atoms with E-state index >= 15 is 0 Å². The molecule has 2 saturated heterocycles. The van der Waals surface area contributed by atoms with Gasteiger partial charge in [-0.15, -0.1) is 10.2 Å². The Kier molecular flexibility index (Phi) is 5.73. The van der Waals surface area contributed by atoms with Gasteiger partial charge in [-0.2, -0.15) is 0 Å². The quantitative estimate of drug-likeness (QED) is 0.808. The first-order chi connectivity index (χ1) is 13.6. The van der Waals surface area contributed by atoms with Crippen LogP contribution in [0.5, 0.6) is 0 Å². The Hall–Kier alpha value is -2.25. The van der Waals surface area contributed by atoms with Gasteiger partial charge in [0, 0.05) is 44.7 Å². The molecule has 2 aromatic rings. The zero-order valence-corrected chi connectivity index (χ0v) is 16.8. The van der Waals surface area contributed by atoms with Gasteiger partial charge < -0.3 is 14.2 Å². The third-order valence-corrected chi connectivity index (χ3v) is 5.84. The van der Waals surface area contributed by atoms with Gasteiger partial charge in [0.25, 0.3) is 5.91 Å². The molecule has 0 aliphatic carbocycles. The Labute approximate surface area is 166 Å². The molecule has 0 radical (unpaired) electrons. The summed E-state index contributed by atoms with van der Waals surface area (Å²) in [4.78, 5) is 17.2. The van der Waals surface area contributed by atoms with Crippen LogP contribution in [0.15, 0.2) is 24.3 Å². The van der Waals surface area contributed by atoms with E-state index in [2.05, 4.69) is 19.7 Å². The fraction of sp³-hybridized carbons (Fsp3) is 0.571. The van der Waals surface area contributed by atoms with E-state index in [9.17, 15) is 4.79 Å². The van der Waals surface area contributed by atoms with Crippen molar-refractivity contribution in [1.82, 2.24) is 24.6 Å². The summed E-state index contributed by atoms with van der Waals surface area (Å²) in [6, 6.07) is 7.83. The number of carbonyl (C=O) groups is 1. The molecule has 1 aromatic heterocycles. The molecule has 7 nitrogen and oxygen atoms in total. The molecule has 2 aliphatic rings. The van der Waals surface area contributed by atoms with Crippen molar-refractivity contribution >= 4 is 5.91 Å². The van der Waals surface area contributed by atoms with Crippen molar-refractivity contribution in [3.8, 4) is 0 Å². The molecule has 150 valence electrons. The average molecular weight is 383 g/mol. The van der Waals surface area contributed by atoms with Crippen LogP contribution in [0.25, 0.3) is 0 Å².